The third kappa shape index (κ3) is 3.82. The van der Waals surface area contributed by atoms with Crippen LogP contribution in [0.25, 0.3) is 0 Å². The number of aliphatic hydroxyl groups excluding tert-OH is 1. The summed E-state index contributed by atoms with van der Waals surface area (Å²) in [5.41, 5.74) is 1.25. The quantitative estimate of drug-likeness (QED) is 0.601. The number of benzene rings is 1. The molecule has 0 bridgehead atoms. The first-order valence-corrected chi connectivity index (χ1v) is 6.38. The van der Waals surface area contributed by atoms with Crippen molar-refractivity contribution in [2.24, 2.45) is 0 Å². The lowest BCUT2D eigenvalue weighted by atomic mass is 10.1. The van der Waals surface area contributed by atoms with Crippen molar-refractivity contribution in [3.05, 3.63) is 35.9 Å². The van der Waals surface area contributed by atoms with Crippen LogP contribution < -0.4 is 5.32 Å². The Balaban J connectivity index is 1.62. The molecular weight excluding hydrogens is 230 g/mol. The molecule has 2 atom stereocenters. The zero-order valence-corrected chi connectivity index (χ0v) is 10.3. The van der Waals surface area contributed by atoms with Crippen LogP contribution in [0, 0.1) is 0 Å². The molecule has 0 aromatic heterocycles. The van der Waals surface area contributed by atoms with Gasteiger partial charge in [-0.3, -0.25) is 4.79 Å². The van der Waals surface area contributed by atoms with Gasteiger partial charge in [-0.1, -0.05) is 30.3 Å². The Kier molecular flexibility index (Phi) is 4.73. The first-order chi connectivity index (χ1) is 8.75. The van der Waals surface area contributed by atoms with Crippen molar-refractivity contribution in [2.75, 3.05) is 13.2 Å². The molecule has 2 N–H and O–H groups in total. The van der Waals surface area contributed by atoms with Crippen LogP contribution in [-0.2, 0) is 16.0 Å². The number of aliphatic hydroxyl groups is 1. The van der Waals surface area contributed by atoms with E-state index in [1.807, 2.05) is 18.2 Å². The maximum Gasteiger partial charge on any atom is 0.323 e. The summed E-state index contributed by atoms with van der Waals surface area (Å²) in [5.74, 6) is -0.250. The van der Waals surface area contributed by atoms with Gasteiger partial charge in [0, 0.05) is 13.0 Å². The van der Waals surface area contributed by atoms with Crippen LogP contribution in [-0.4, -0.2) is 36.4 Å². The first-order valence-electron chi connectivity index (χ1n) is 6.38. The summed E-state index contributed by atoms with van der Waals surface area (Å²) >= 11 is 0. The molecule has 1 aromatic rings. The van der Waals surface area contributed by atoms with Crippen molar-refractivity contribution in [1.82, 2.24) is 5.32 Å². The summed E-state index contributed by atoms with van der Waals surface area (Å²) in [7, 11) is 0. The second kappa shape index (κ2) is 6.52. The highest BCUT2D eigenvalue weighted by Crippen LogP contribution is 2.08. The molecule has 4 nitrogen and oxygen atoms in total. The fourth-order valence-corrected chi connectivity index (χ4v) is 2.09. The maximum atomic E-state index is 11.6. The minimum atomic E-state index is -0.424. The van der Waals surface area contributed by atoms with Gasteiger partial charge in [0.15, 0.2) is 0 Å². The summed E-state index contributed by atoms with van der Waals surface area (Å²) in [6, 6.07) is 9.79. The predicted octanol–water partition coefficient (Wildman–Crippen LogP) is 0.885. The Morgan fingerprint density at radius 1 is 1.39 bits per heavy atom. The molecule has 0 unspecified atom stereocenters. The molecule has 1 aliphatic rings. The smallest absolute Gasteiger partial charge is 0.323 e. The monoisotopic (exact) mass is 249 g/mol. The van der Waals surface area contributed by atoms with Gasteiger partial charge in [0.25, 0.3) is 0 Å². The van der Waals surface area contributed by atoms with E-state index in [4.69, 9.17) is 4.74 Å². The Hall–Kier alpha value is -1.39. The summed E-state index contributed by atoms with van der Waals surface area (Å²) in [5, 5.41) is 12.2. The van der Waals surface area contributed by atoms with E-state index < -0.39 is 6.10 Å². The molecule has 4 heteroatoms. The van der Waals surface area contributed by atoms with Crippen LogP contribution in [0.5, 0.6) is 0 Å². The maximum absolute atomic E-state index is 11.6. The number of esters is 1. The Labute approximate surface area is 107 Å². The van der Waals surface area contributed by atoms with E-state index >= 15 is 0 Å². The van der Waals surface area contributed by atoms with E-state index in [-0.39, 0.29) is 12.0 Å². The van der Waals surface area contributed by atoms with E-state index in [1.165, 1.54) is 5.56 Å². The highest BCUT2D eigenvalue weighted by Gasteiger charge is 2.28. The molecule has 1 saturated heterocycles. The van der Waals surface area contributed by atoms with Crippen LogP contribution in [0.15, 0.2) is 30.3 Å². The van der Waals surface area contributed by atoms with Gasteiger partial charge < -0.3 is 15.2 Å². The zero-order chi connectivity index (χ0) is 12.8. The van der Waals surface area contributed by atoms with Crippen molar-refractivity contribution in [1.29, 1.82) is 0 Å². The molecule has 1 aromatic carbocycles. The molecule has 0 saturated carbocycles. The van der Waals surface area contributed by atoms with E-state index in [0.29, 0.717) is 19.6 Å². The van der Waals surface area contributed by atoms with Gasteiger partial charge in [-0.25, -0.2) is 0 Å². The Morgan fingerprint density at radius 2 is 2.17 bits per heavy atom. The third-order valence-electron chi connectivity index (χ3n) is 3.09. The number of carbonyl (C=O) groups is 1. The number of carbonyl (C=O) groups excluding carboxylic acids is 1. The van der Waals surface area contributed by atoms with E-state index in [0.717, 1.165) is 12.8 Å². The SMILES string of the molecule is O=C(OCCCc1ccccc1)[C@@H]1C[C@H](O)CN1. The van der Waals surface area contributed by atoms with Gasteiger partial charge in [0.05, 0.1) is 12.7 Å². The van der Waals surface area contributed by atoms with Crippen LogP contribution >= 0.6 is 0 Å². The summed E-state index contributed by atoms with van der Waals surface area (Å²) in [4.78, 5) is 11.6. The molecule has 2 rings (SSSR count). The Morgan fingerprint density at radius 3 is 2.83 bits per heavy atom. The zero-order valence-electron chi connectivity index (χ0n) is 10.3. The van der Waals surface area contributed by atoms with E-state index in [2.05, 4.69) is 17.4 Å². The van der Waals surface area contributed by atoms with Crippen molar-refractivity contribution in [3.8, 4) is 0 Å². The minimum Gasteiger partial charge on any atom is -0.465 e. The van der Waals surface area contributed by atoms with Gasteiger partial charge >= 0.3 is 5.97 Å². The molecule has 1 heterocycles. The average Bonchev–Trinajstić information content (AvgIpc) is 2.82. The van der Waals surface area contributed by atoms with Gasteiger partial charge in [0.1, 0.15) is 6.04 Å². The summed E-state index contributed by atoms with van der Waals surface area (Å²) in [6.07, 6.45) is 1.77. The second-order valence-corrected chi connectivity index (χ2v) is 4.61. The number of nitrogens with one attached hydrogen (secondary N) is 1. The standard InChI is InChI=1S/C14H19NO3/c16-12-9-13(15-10-12)14(17)18-8-4-7-11-5-2-1-3-6-11/h1-3,5-6,12-13,15-16H,4,7-10H2/t12-,13-/m0/s1. The third-order valence-corrected chi connectivity index (χ3v) is 3.09. The lowest BCUT2D eigenvalue weighted by Gasteiger charge is -2.10. The molecular formula is C14H19NO3. The number of β-amino-alcohol motifs (C(OH)–C–C–N with tert-alkyl or cyclic N) is 1. The topological polar surface area (TPSA) is 58.6 Å². The molecule has 1 fully saturated rings. The summed E-state index contributed by atoms with van der Waals surface area (Å²) < 4.78 is 5.18. The van der Waals surface area contributed by atoms with Crippen LogP contribution in [0.4, 0.5) is 0 Å². The number of hydrogen-bond donors (Lipinski definition) is 2. The molecule has 0 aliphatic carbocycles. The van der Waals surface area contributed by atoms with E-state index in [9.17, 15) is 9.90 Å². The lowest BCUT2D eigenvalue weighted by molar-refractivity contribution is -0.146. The first kappa shape index (κ1) is 13.1. The second-order valence-electron chi connectivity index (χ2n) is 4.61. The number of aryl methyl sites for hydroxylation is 1. The van der Waals surface area contributed by atoms with Crippen LogP contribution in [0.2, 0.25) is 0 Å². The summed E-state index contributed by atoms with van der Waals surface area (Å²) in [6.45, 7) is 0.909. The molecule has 18 heavy (non-hydrogen) atoms. The molecule has 0 amide bonds. The Bertz CT molecular complexity index is 380. The molecule has 0 spiro atoms. The minimum absolute atomic E-state index is 0.250. The van der Waals surface area contributed by atoms with Crippen LogP contribution in [0.1, 0.15) is 18.4 Å². The fourth-order valence-electron chi connectivity index (χ4n) is 2.09. The van der Waals surface area contributed by atoms with Gasteiger partial charge in [0.2, 0.25) is 0 Å². The van der Waals surface area contributed by atoms with Crippen molar-refractivity contribution < 1.29 is 14.6 Å². The van der Waals surface area contributed by atoms with Gasteiger partial charge in [-0.2, -0.15) is 0 Å². The van der Waals surface area contributed by atoms with E-state index in [1.54, 1.807) is 0 Å². The lowest BCUT2D eigenvalue weighted by Crippen LogP contribution is -2.32. The molecule has 0 radical (unpaired) electrons. The fraction of sp³-hybridized carbons (Fsp3) is 0.500. The van der Waals surface area contributed by atoms with Gasteiger partial charge in [-0.15, -0.1) is 0 Å². The average molecular weight is 249 g/mol. The number of rotatable bonds is 5. The molecule has 98 valence electrons. The number of ether oxygens (including phenoxy) is 1. The highest BCUT2D eigenvalue weighted by molar-refractivity contribution is 5.76. The number of hydrogen-bond acceptors (Lipinski definition) is 4. The predicted molar refractivity (Wildman–Crippen MR) is 68.1 cm³/mol. The largest absolute Gasteiger partial charge is 0.465 e. The highest BCUT2D eigenvalue weighted by atomic mass is 16.5. The van der Waals surface area contributed by atoms with Gasteiger partial charge in [-0.05, 0) is 18.4 Å². The van der Waals surface area contributed by atoms with Crippen LogP contribution in [0.3, 0.4) is 0 Å². The van der Waals surface area contributed by atoms with Crippen molar-refractivity contribution in [3.63, 3.8) is 0 Å². The van der Waals surface area contributed by atoms with Crippen molar-refractivity contribution in [2.45, 2.75) is 31.4 Å². The van der Waals surface area contributed by atoms with Crippen molar-refractivity contribution >= 4 is 5.97 Å². The normalized spacial score (nSPS) is 22.9. The molecule has 1 aliphatic heterocycles.